The van der Waals surface area contributed by atoms with Crippen LogP contribution in [0.4, 0.5) is 11.6 Å². The summed E-state index contributed by atoms with van der Waals surface area (Å²) in [5.74, 6) is 0.753. The zero-order valence-corrected chi connectivity index (χ0v) is 22.2. The molecule has 0 aliphatic carbocycles. The molecule has 0 atom stereocenters. The summed E-state index contributed by atoms with van der Waals surface area (Å²) in [6.45, 7) is 6.66. The van der Waals surface area contributed by atoms with Crippen LogP contribution in [-0.2, 0) is 32.0 Å². The third kappa shape index (κ3) is 6.16. The minimum Gasteiger partial charge on any atom is -0.495 e. The highest BCUT2D eigenvalue weighted by Crippen LogP contribution is 2.38. The molecule has 0 radical (unpaired) electrons. The molecule has 1 N–H and O–H groups in total. The Morgan fingerprint density at radius 3 is 2.46 bits per heavy atom. The van der Waals surface area contributed by atoms with Crippen LogP contribution < -0.4 is 15.4 Å². The average Bonchev–Trinajstić information content (AvgIpc) is 2.80. The fraction of sp³-hybridized carbons (Fsp3) is 0.320. The zero-order chi connectivity index (χ0) is 25.8. The highest BCUT2D eigenvalue weighted by atomic mass is 32.2. The average molecular weight is 516 g/mol. The number of methoxy groups -OCH3 is 1. The monoisotopic (exact) mass is 515 g/mol. The first-order chi connectivity index (χ1) is 16.5. The zero-order valence-electron chi connectivity index (χ0n) is 20.5. The smallest absolute Gasteiger partial charge is 0.227 e. The molecule has 0 aliphatic heterocycles. The van der Waals surface area contributed by atoms with E-state index in [1.54, 1.807) is 75.8 Å². The van der Waals surface area contributed by atoms with Gasteiger partial charge in [0, 0.05) is 24.3 Å². The van der Waals surface area contributed by atoms with Crippen molar-refractivity contribution in [1.82, 2.24) is 9.97 Å². The molecule has 1 aromatic heterocycles. The standard InChI is InChI=1S/C25H30N3O5PS/c1-17(2)35(31,32)24-9-7-6-8-18(24)14-22-19(12-13-29)16-26-25(28-22)27-21-11-10-20(34(4,5)30)15-23(21)33-3/h6-11,13,15-17H,12,14H2,1-5H3,(H,26,27,28). The number of ether oxygens (including phenoxy) is 1. The quantitative estimate of drug-likeness (QED) is 0.318. The first kappa shape index (κ1) is 26.6. The van der Waals surface area contributed by atoms with Crippen LogP contribution in [0.1, 0.15) is 30.7 Å². The van der Waals surface area contributed by atoms with Crippen LogP contribution in [0.15, 0.2) is 53.6 Å². The van der Waals surface area contributed by atoms with Crippen LogP contribution in [0.5, 0.6) is 5.75 Å². The van der Waals surface area contributed by atoms with Crippen molar-refractivity contribution in [1.29, 1.82) is 0 Å². The Kier molecular flexibility index (Phi) is 8.13. The van der Waals surface area contributed by atoms with Crippen LogP contribution in [0, 0.1) is 0 Å². The molecule has 0 saturated carbocycles. The lowest BCUT2D eigenvalue weighted by atomic mass is 10.0. The van der Waals surface area contributed by atoms with Gasteiger partial charge in [0.15, 0.2) is 9.84 Å². The SMILES string of the molecule is COc1cc(P(C)(C)=O)ccc1Nc1ncc(CC=O)c(Cc2ccccc2S(=O)(=O)C(C)C)n1. The van der Waals surface area contributed by atoms with E-state index in [0.717, 1.165) is 6.29 Å². The van der Waals surface area contributed by atoms with Crippen LogP contribution in [0.3, 0.4) is 0 Å². The largest absolute Gasteiger partial charge is 0.495 e. The number of rotatable bonds is 10. The molecule has 0 fully saturated rings. The molecule has 1 heterocycles. The first-order valence-electron chi connectivity index (χ1n) is 11.1. The summed E-state index contributed by atoms with van der Waals surface area (Å²) in [7, 11) is -4.45. The molecule has 8 nitrogen and oxygen atoms in total. The van der Waals surface area contributed by atoms with Crippen molar-refractivity contribution in [2.24, 2.45) is 0 Å². The lowest BCUT2D eigenvalue weighted by molar-refractivity contribution is -0.107. The van der Waals surface area contributed by atoms with Crippen LogP contribution >= 0.6 is 7.14 Å². The highest BCUT2D eigenvalue weighted by Gasteiger charge is 2.23. The summed E-state index contributed by atoms with van der Waals surface area (Å²) >= 11 is 0. The van der Waals surface area contributed by atoms with Gasteiger partial charge in [-0.05, 0) is 62.6 Å². The molecule has 0 spiro atoms. The fourth-order valence-corrected chi connectivity index (χ4v) is 5.66. The topological polar surface area (TPSA) is 115 Å². The number of aldehydes is 1. The first-order valence-corrected chi connectivity index (χ1v) is 15.2. The molecular weight excluding hydrogens is 485 g/mol. The number of carbonyl (C=O) groups is 1. The van der Waals surface area contributed by atoms with E-state index in [-0.39, 0.29) is 23.7 Å². The van der Waals surface area contributed by atoms with Gasteiger partial charge in [-0.15, -0.1) is 0 Å². The lowest BCUT2D eigenvalue weighted by Gasteiger charge is -2.16. The second-order valence-corrected chi connectivity index (χ2v) is 14.5. The Balaban J connectivity index is 2.02. The Bertz CT molecular complexity index is 1380. The Labute approximate surface area is 206 Å². The molecule has 3 aromatic rings. The number of carbonyl (C=O) groups excluding carboxylic acids is 1. The predicted octanol–water partition coefficient (Wildman–Crippen LogP) is 3.99. The molecule has 10 heteroatoms. The second kappa shape index (κ2) is 10.7. The van der Waals surface area contributed by atoms with Gasteiger partial charge in [0.25, 0.3) is 0 Å². The van der Waals surface area contributed by atoms with E-state index in [9.17, 15) is 17.8 Å². The van der Waals surface area contributed by atoms with Gasteiger partial charge in [0.1, 0.15) is 19.2 Å². The van der Waals surface area contributed by atoms with Gasteiger partial charge in [-0.25, -0.2) is 18.4 Å². The summed E-state index contributed by atoms with van der Waals surface area (Å²) in [6, 6.07) is 12.1. The number of sulfone groups is 1. The van der Waals surface area contributed by atoms with Gasteiger partial charge < -0.3 is 19.4 Å². The number of aromatic nitrogens is 2. The van der Waals surface area contributed by atoms with E-state index in [4.69, 9.17) is 4.74 Å². The molecule has 0 saturated heterocycles. The molecule has 35 heavy (non-hydrogen) atoms. The Morgan fingerprint density at radius 1 is 1.11 bits per heavy atom. The van der Waals surface area contributed by atoms with Crippen LogP contribution in [-0.4, -0.2) is 50.4 Å². The highest BCUT2D eigenvalue weighted by molar-refractivity contribution is 7.92. The summed E-state index contributed by atoms with van der Waals surface area (Å²) < 4.78 is 43.7. The molecule has 2 aromatic carbocycles. The lowest BCUT2D eigenvalue weighted by Crippen LogP contribution is -2.16. The number of hydrogen-bond acceptors (Lipinski definition) is 8. The maximum absolute atomic E-state index is 12.9. The molecular formula is C25H30N3O5PS. The summed E-state index contributed by atoms with van der Waals surface area (Å²) in [4.78, 5) is 20.5. The number of nitrogens with zero attached hydrogens (tertiary/aromatic N) is 2. The van der Waals surface area contributed by atoms with E-state index < -0.39 is 22.2 Å². The van der Waals surface area contributed by atoms with Gasteiger partial charge in [-0.1, -0.05) is 18.2 Å². The fourth-order valence-electron chi connectivity index (χ4n) is 3.52. The number of anilines is 2. The third-order valence-corrected chi connectivity index (χ3v) is 9.34. The van der Waals surface area contributed by atoms with E-state index in [1.165, 1.54) is 7.11 Å². The predicted molar refractivity (Wildman–Crippen MR) is 139 cm³/mol. The minimum atomic E-state index is -3.50. The molecule has 186 valence electrons. The normalized spacial score (nSPS) is 11.9. The van der Waals surface area contributed by atoms with E-state index >= 15 is 0 Å². The maximum atomic E-state index is 12.9. The van der Waals surface area contributed by atoms with Crippen molar-refractivity contribution in [3.05, 3.63) is 65.5 Å². The molecule has 0 unspecified atom stereocenters. The molecule has 0 amide bonds. The second-order valence-electron chi connectivity index (χ2n) is 8.78. The van der Waals surface area contributed by atoms with Crippen molar-refractivity contribution in [3.8, 4) is 5.75 Å². The van der Waals surface area contributed by atoms with Crippen molar-refractivity contribution < 1.29 is 22.5 Å². The Morgan fingerprint density at radius 2 is 1.83 bits per heavy atom. The van der Waals surface area contributed by atoms with Crippen molar-refractivity contribution >= 4 is 40.2 Å². The molecule has 0 aliphatic rings. The van der Waals surface area contributed by atoms with Crippen molar-refractivity contribution in [2.45, 2.75) is 36.8 Å². The molecule has 0 bridgehead atoms. The summed E-state index contributed by atoms with van der Waals surface area (Å²) in [5.41, 5.74) is 2.34. The number of benzene rings is 2. The van der Waals surface area contributed by atoms with Gasteiger partial charge in [-0.3, -0.25) is 0 Å². The van der Waals surface area contributed by atoms with Gasteiger partial charge in [-0.2, -0.15) is 0 Å². The van der Waals surface area contributed by atoms with Gasteiger partial charge in [0.2, 0.25) is 5.95 Å². The maximum Gasteiger partial charge on any atom is 0.227 e. The van der Waals surface area contributed by atoms with Crippen LogP contribution in [0.2, 0.25) is 0 Å². The van der Waals surface area contributed by atoms with E-state index in [0.29, 0.717) is 33.6 Å². The Hall–Kier alpha value is -3.03. The summed E-state index contributed by atoms with van der Waals surface area (Å²) in [5, 5.41) is 3.23. The van der Waals surface area contributed by atoms with Crippen molar-refractivity contribution in [3.63, 3.8) is 0 Å². The molecule has 3 rings (SSSR count). The van der Waals surface area contributed by atoms with E-state index in [1.807, 2.05) is 0 Å². The van der Waals surface area contributed by atoms with Crippen molar-refractivity contribution in [2.75, 3.05) is 25.8 Å². The number of hydrogen-bond donors (Lipinski definition) is 1. The summed E-state index contributed by atoms with van der Waals surface area (Å²) in [6.07, 6.45) is 2.65. The van der Waals surface area contributed by atoms with E-state index in [2.05, 4.69) is 15.3 Å². The van der Waals surface area contributed by atoms with Gasteiger partial charge in [0.05, 0.1) is 28.6 Å². The van der Waals surface area contributed by atoms with Gasteiger partial charge >= 0.3 is 0 Å². The number of nitrogens with one attached hydrogen (secondary N) is 1. The van der Waals surface area contributed by atoms with Crippen LogP contribution in [0.25, 0.3) is 0 Å². The third-order valence-electron chi connectivity index (χ3n) is 5.57. The minimum absolute atomic E-state index is 0.106.